The molecule has 0 radical (unpaired) electrons. The standard InChI is InChI=1S/C14H10F3IO3/c1-2-20-13(19)12-6-5-11(21-12)9-4-3-8(18)7-10(9)14(15,16)17/h3-7H,2H2,1H3. The second kappa shape index (κ2) is 6.08. The fourth-order valence-electron chi connectivity index (χ4n) is 1.76. The molecule has 1 heterocycles. The van der Waals surface area contributed by atoms with E-state index in [2.05, 4.69) is 0 Å². The lowest BCUT2D eigenvalue weighted by Gasteiger charge is -2.11. The lowest BCUT2D eigenvalue weighted by molar-refractivity contribution is -0.137. The molecule has 1 aromatic carbocycles. The van der Waals surface area contributed by atoms with Gasteiger partial charge in [-0.3, -0.25) is 0 Å². The highest BCUT2D eigenvalue weighted by molar-refractivity contribution is 14.1. The number of esters is 1. The number of ether oxygens (including phenoxy) is 1. The third kappa shape index (κ3) is 3.58. The highest BCUT2D eigenvalue weighted by Gasteiger charge is 2.34. The summed E-state index contributed by atoms with van der Waals surface area (Å²) in [6.07, 6.45) is -4.51. The number of hydrogen-bond acceptors (Lipinski definition) is 3. The number of furan rings is 1. The lowest BCUT2D eigenvalue weighted by Crippen LogP contribution is -2.07. The van der Waals surface area contributed by atoms with Crippen molar-refractivity contribution in [3.05, 3.63) is 45.2 Å². The Bertz CT molecular complexity index is 662. The van der Waals surface area contributed by atoms with Gasteiger partial charge in [0.2, 0.25) is 5.76 Å². The van der Waals surface area contributed by atoms with Crippen molar-refractivity contribution in [1.29, 1.82) is 0 Å². The summed E-state index contributed by atoms with van der Waals surface area (Å²) in [5, 5.41) is 0. The van der Waals surface area contributed by atoms with Crippen LogP contribution in [0.2, 0.25) is 0 Å². The van der Waals surface area contributed by atoms with Crippen LogP contribution in [0.3, 0.4) is 0 Å². The minimum atomic E-state index is -4.51. The third-order valence-corrected chi connectivity index (χ3v) is 3.31. The van der Waals surface area contributed by atoms with Crippen LogP contribution in [0.1, 0.15) is 23.0 Å². The number of benzene rings is 1. The van der Waals surface area contributed by atoms with Gasteiger partial charge in [-0.1, -0.05) is 0 Å². The van der Waals surface area contributed by atoms with Gasteiger partial charge in [-0.15, -0.1) is 0 Å². The summed E-state index contributed by atoms with van der Waals surface area (Å²) >= 11 is 1.80. The van der Waals surface area contributed by atoms with E-state index in [-0.39, 0.29) is 23.7 Å². The second-order valence-electron chi connectivity index (χ2n) is 4.07. The Hall–Kier alpha value is -1.51. The molecule has 0 amide bonds. The van der Waals surface area contributed by atoms with Gasteiger partial charge in [0.1, 0.15) is 5.76 Å². The normalized spacial score (nSPS) is 11.5. The van der Waals surface area contributed by atoms with Crippen LogP contribution >= 0.6 is 22.6 Å². The van der Waals surface area contributed by atoms with E-state index in [0.29, 0.717) is 3.57 Å². The SMILES string of the molecule is CCOC(=O)c1ccc(-c2ccc(I)cc2C(F)(F)F)o1. The van der Waals surface area contributed by atoms with Crippen molar-refractivity contribution < 1.29 is 27.1 Å². The molecular weight excluding hydrogens is 400 g/mol. The highest BCUT2D eigenvalue weighted by atomic mass is 127. The summed E-state index contributed by atoms with van der Waals surface area (Å²) in [6, 6.07) is 6.51. The minimum Gasteiger partial charge on any atom is -0.460 e. The summed E-state index contributed by atoms with van der Waals surface area (Å²) in [5.41, 5.74) is -0.919. The fourth-order valence-corrected chi connectivity index (χ4v) is 2.25. The molecule has 0 aliphatic carbocycles. The Balaban J connectivity index is 2.46. The Labute approximate surface area is 132 Å². The van der Waals surface area contributed by atoms with E-state index in [9.17, 15) is 18.0 Å². The van der Waals surface area contributed by atoms with Gasteiger partial charge in [-0.2, -0.15) is 13.2 Å². The maximum atomic E-state index is 13.1. The Morgan fingerprint density at radius 2 is 2.00 bits per heavy atom. The molecule has 0 saturated carbocycles. The average Bonchev–Trinajstić information content (AvgIpc) is 2.87. The van der Waals surface area contributed by atoms with Crippen LogP contribution in [0.25, 0.3) is 11.3 Å². The molecule has 0 bridgehead atoms. The fraction of sp³-hybridized carbons (Fsp3) is 0.214. The number of carbonyl (C=O) groups is 1. The topological polar surface area (TPSA) is 39.4 Å². The van der Waals surface area contributed by atoms with Crippen LogP contribution < -0.4 is 0 Å². The van der Waals surface area contributed by atoms with Gasteiger partial charge in [0.15, 0.2) is 0 Å². The zero-order valence-electron chi connectivity index (χ0n) is 10.8. The zero-order chi connectivity index (χ0) is 15.6. The molecule has 0 N–H and O–H groups in total. The van der Waals surface area contributed by atoms with Crippen molar-refractivity contribution in [2.45, 2.75) is 13.1 Å². The summed E-state index contributed by atoms with van der Waals surface area (Å²) in [4.78, 5) is 11.5. The first-order chi connectivity index (χ1) is 9.82. The average molecular weight is 410 g/mol. The number of halogens is 4. The predicted molar refractivity (Wildman–Crippen MR) is 77.8 cm³/mol. The van der Waals surface area contributed by atoms with E-state index >= 15 is 0 Å². The van der Waals surface area contributed by atoms with E-state index < -0.39 is 17.7 Å². The van der Waals surface area contributed by atoms with Crippen LogP contribution in [-0.2, 0) is 10.9 Å². The number of carbonyl (C=O) groups excluding carboxylic acids is 1. The summed E-state index contributed by atoms with van der Waals surface area (Å²) in [5.74, 6) is -0.858. The second-order valence-corrected chi connectivity index (χ2v) is 5.32. The summed E-state index contributed by atoms with van der Waals surface area (Å²) in [7, 11) is 0. The molecule has 1 aromatic heterocycles. The van der Waals surface area contributed by atoms with E-state index in [1.165, 1.54) is 24.3 Å². The first kappa shape index (κ1) is 15.9. The summed E-state index contributed by atoms with van der Waals surface area (Å²) in [6.45, 7) is 1.79. The maximum Gasteiger partial charge on any atom is 0.417 e. The Morgan fingerprint density at radius 1 is 1.29 bits per heavy atom. The van der Waals surface area contributed by atoms with Gasteiger partial charge in [-0.05, 0) is 59.8 Å². The van der Waals surface area contributed by atoms with Crippen molar-refractivity contribution in [1.82, 2.24) is 0 Å². The van der Waals surface area contributed by atoms with Gasteiger partial charge in [-0.25, -0.2) is 4.79 Å². The van der Waals surface area contributed by atoms with E-state index in [1.807, 2.05) is 0 Å². The maximum absolute atomic E-state index is 13.1. The molecule has 0 spiro atoms. The smallest absolute Gasteiger partial charge is 0.417 e. The molecule has 0 fully saturated rings. The van der Waals surface area contributed by atoms with E-state index in [4.69, 9.17) is 9.15 Å². The highest BCUT2D eigenvalue weighted by Crippen LogP contribution is 2.38. The summed E-state index contributed by atoms with van der Waals surface area (Å²) < 4.78 is 49.6. The molecule has 0 aliphatic heterocycles. The van der Waals surface area contributed by atoms with Crippen LogP contribution in [0.4, 0.5) is 13.2 Å². The minimum absolute atomic E-state index is 0.0261. The molecular formula is C14H10F3IO3. The molecule has 112 valence electrons. The van der Waals surface area contributed by atoms with E-state index in [1.54, 1.807) is 29.5 Å². The molecule has 0 unspecified atom stereocenters. The van der Waals surface area contributed by atoms with Gasteiger partial charge in [0, 0.05) is 9.13 Å². The van der Waals surface area contributed by atoms with Crippen LogP contribution in [-0.4, -0.2) is 12.6 Å². The first-order valence-corrected chi connectivity index (χ1v) is 7.05. The number of rotatable bonds is 3. The van der Waals surface area contributed by atoms with Crippen LogP contribution in [0.5, 0.6) is 0 Å². The Morgan fingerprint density at radius 3 is 2.62 bits per heavy atom. The lowest BCUT2D eigenvalue weighted by atomic mass is 10.1. The molecule has 0 saturated heterocycles. The van der Waals surface area contributed by atoms with Crippen LogP contribution in [0.15, 0.2) is 34.7 Å². The number of alkyl halides is 3. The number of hydrogen-bond donors (Lipinski definition) is 0. The van der Waals surface area contributed by atoms with E-state index in [0.717, 1.165) is 6.07 Å². The van der Waals surface area contributed by atoms with Gasteiger partial charge >= 0.3 is 12.1 Å². The molecule has 21 heavy (non-hydrogen) atoms. The molecule has 2 rings (SSSR count). The molecule has 7 heteroatoms. The van der Waals surface area contributed by atoms with Crippen molar-refractivity contribution in [3.8, 4) is 11.3 Å². The van der Waals surface area contributed by atoms with Crippen molar-refractivity contribution >= 4 is 28.6 Å². The largest absolute Gasteiger partial charge is 0.460 e. The zero-order valence-corrected chi connectivity index (χ0v) is 13.0. The van der Waals surface area contributed by atoms with Gasteiger partial charge < -0.3 is 9.15 Å². The molecule has 3 nitrogen and oxygen atoms in total. The predicted octanol–water partition coefficient (Wildman–Crippen LogP) is 4.75. The molecule has 0 aliphatic rings. The van der Waals surface area contributed by atoms with Crippen LogP contribution in [0, 0.1) is 3.57 Å². The monoisotopic (exact) mass is 410 g/mol. The van der Waals surface area contributed by atoms with Crippen molar-refractivity contribution in [2.24, 2.45) is 0 Å². The van der Waals surface area contributed by atoms with Crippen molar-refractivity contribution in [2.75, 3.05) is 6.61 Å². The third-order valence-electron chi connectivity index (χ3n) is 2.64. The van der Waals surface area contributed by atoms with Gasteiger partial charge in [0.25, 0.3) is 0 Å². The quantitative estimate of drug-likeness (QED) is 0.542. The van der Waals surface area contributed by atoms with Crippen molar-refractivity contribution in [3.63, 3.8) is 0 Å². The first-order valence-electron chi connectivity index (χ1n) is 5.97. The van der Waals surface area contributed by atoms with Gasteiger partial charge in [0.05, 0.1) is 12.2 Å². The molecule has 0 atom stereocenters. The Kier molecular flexibility index (Phi) is 4.60. The molecule has 2 aromatic rings.